The summed E-state index contributed by atoms with van der Waals surface area (Å²) in [6.07, 6.45) is 5.68. The van der Waals surface area contributed by atoms with Crippen LogP contribution in [0.5, 0.6) is 0 Å². The maximum absolute atomic E-state index is 5.46. The maximum atomic E-state index is 5.46. The van der Waals surface area contributed by atoms with Crippen molar-refractivity contribution < 1.29 is 0 Å². The molecule has 1 unspecified atom stereocenters. The van der Waals surface area contributed by atoms with Gasteiger partial charge < -0.3 is 0 Å². The van der Waals surface area contributed by atoms with E-state index in [9.17, 15) is 0 Å². The van der Waals surface area contributed by atoms with Crippen molar-refractivity contribution in [2.45, 2.75) is 0 Å². The quantitative estimate of drug-likeness (QED) is 0.342. The number of pyridine rings is 2. The molecule has 0 spiro atoms. The highest BCUT2D eigenvalue weighted by Crippen LogP contribution is 2.75. The Labute approximate surface area is 163 Å². The van der Waals surface area contributed by atoms with E-state index in [4.69, 9.17) is 17.2 Å². The molecule has 4 heterocycles. The number of rotatable bonds is 0. The molecule has 6 rings (SSSR count). The van der Waals surface area contributed by atoms with Crippen molar-refractivity contribution in [3.05, 3.63) is 85.3 Å². The summed E-state index contributed by atoms with van der Waals surface area (Å²) in [5, 5.41) is 2.54. The van der Waals surface area contributed by atoms with Crippen molar-refractivity contribution in [3.63, 3.8) is 0 Å². The number of thiol groups is 1. The molecule has 2 aromatic heterocycles. The fraction of sp³-hybridized carbons (Fsp3) is 0. The smallest absolute Gasteiger partial charge is 0.233 e. The molecular weight excluding hydrogens is 369 g/mol. The normalized spacial score (nSPS) is 18.6. The molecule has 0 bridgehead atoms. The van der Waals surface area contributed by atoms with Crippen LogP contribution in [0.4, 0.5) is 11.5 Å². The summed E-state index contributed by atoms with van der Waals surface area (Å²) >= 11 is 5.46. The van der Waals surface area contributed by atoms with Gasteiger partial charge in [0.1, 0.15) is 10.6 Å². The predicted octanol–water partition coefficient (Wildman–Crippen LogP) is 5.00. The van der Waals surface area contributed by atoms with E-state index in [1.165, 1.54) is 21.7 Å². The minimum Gasteiger partial charge on any atom is -0.264 e. The lowest BCUT2D eigenvalue weighted by molar-refractivity contribution is 1.22. The number of benzene rings is 2. The van der Waals surface area contributed by atoms with E-state index in [0.29, 0.717) is 0 Å². The van der Waals surface area contributed by atoms with Crippen LogP contribution in [0.3, 0.4) is 0 Å². The SMILES string of the molecule is S[P+]12c3ccccc3-c3cnccc3N1c1ncccc1-c1ccccc12. The van der Waals surface area contributed by atoms with Gasteiger partial charge >= 0.3 is 0 Å². The van der Waals surface area contributed by atoms with Gasteiger partial charge in [0.2, 0.25) is 6.62 Å². The van der Waals surface area contributed by atoms with Gasteiger partial charge in [-0.3, -0.25) is 4.98 Å². The van der Waals surface area contributed by atoms with Crippen LogP contribution < -0.4 is 15.3 Å². The second-order valence-electron chi connectivity index (χ2n) is 6.71. The van der Waals surface area contributed by atoms with E-state index in [0.717, 1.165) is 22.6 Å². The largest absolute Gasteiger partial charge is 0.264 e. The van der Waals surface area contributed by atoms with Crippen LogP contribution in [-0.4, -0.2) is 9.97 Å². The number of aromatic nitrogens is 2. The summed E-state index contributed by atoms with van der Waals surface area (Å²) in [7, 11) is 0. The van der Waals surface area contributed by atoms with E-state index in [-0.39, 0.29) is 0 Å². The van der Waals surface area contributed by atoms with E-state index in [1.807, 2.05) is 24.7 Å². The third kappa shape index (κ3) is 1.87. The fourth-order valence-electron chi connectivity index (χ4n) is 4.25. The monoisotopic (exact) mass is 384 g/mol. The molecule has 4 aromatic rings. The van der Waals surface area contributed by atoms with E-state index in [1.54, 1.807) is 0 Å². The summed E-state index contributed by atoms with van der Waals surface area (Å²) in [6, 6.07) is 23.5. The number of nitrogens with zero attached hydrogens (tertiary/aromatic N) is 3. The summed E-state index contributed by atoms with van der Waals surface area (Å²) in [5.41, 5.74) is 5.86. The van der Waals surface area contributed by atoms with Crippen LogP contribution in [0.25, 0.3) is 22.3 Å². The summed E-state index contributed by atoms with van der Waals surface area (Å²) in [6.45, 7) is -2.17. The van der Waals surface area contributed by atoms with Crippen LogP contribution in [0, 0.1) is 0 Å². The van der Waals surface area contributed by atoms with Crippen LogP contribution >= 0.6 is 18.9 Å². The van der Waals surface area contributed by atoms with Crippen LogP contribution in [0.1, 0.15) is 0 Å². The van der Waals surface area contributed by atoms with Gasteiger partial charge in [0.05, 0.1) is 5.69 Å². The van der Waals surface area contributed by atoms with Gasteiger partial charge in [-0.05, 0) is 30.3 Å². The van der Waals surface area contributed by atoms with Crippen LogP contribution in [-0.2, 0) is 0 Å². The summed E-state index contributed by atoms with van der Waals surface area (Å²) in [5.74, 6) is 0.974. The molecule has 0 amide bonds. The van der Waals surface area contributed by atoms with Gasteiger partial charge in [-0.15, -0.1) is 0 Å². The minimum atomic E-state index is -2.17. The van der Waals surface area contributed by atoms with Crippen LogP contribution in [0.15, 0.2) is 85.3 Å². The molecule has 0 saturated carbocycles. The highest BCUT2D eigenvalue weighted by atomic mass is 32.7. The maximum Gasteiger partial charge on any atom is 0.233 e. The average Bonchev–Trinajstić information content (AvgIpc) is 2.74. The van der Waals surface area contributed by atoms with Gasteiger partial charge in [0, 0.05) is 53.1 Å². The number of hydrogen-bond donors (Lipinski definition) is 1. The van der Waals surface area contributed by atoms with Crippen molar-refractivity contribution in [1.29, 1.82) is 0 Å². The molecule has 3 nitrogen and oxygen atoms in total. The van der Waals surface area contributed by atoms with E-state index >= 15 is 0 Å². The lowest BCUT2D eigenvalue weighted by Crippen LogP contribution is -2.39. The molecule has 0 radical (unpaired) electrons. The lowest BCUT2D eigenvalue weighted by Gasteiger charge is -2.42. The van der Waals surface area contributed by atoms with Crippen LogP contribution in [0.2, 0.25) is 0 Å². The van der Waals surface area contributed by atoms with Crippen molar-refractivity contribution >= 4 is 41.0 Å². The van der Waals surface area contributed by atoms with Crippen molar-refractivity contribution in [2.24, 2.45) is 0 Å². The van der Waals surface area contributed by atoms with Crippen molar-refractivity contribution in [2.75, 3.05) is 4.67 Å². The molecule has 27 heavy (non-hydrogen) atoms. The van der Waals surface area contributed by atoms with Gasteiger partial charge in [0.25, 0.3) is 0 Å². The molecule has 2 aliphatic rings. The van der Waals surface area contributed by atoms with Gasteiger partial charge in [-0.2, -0.15) is 4.67 Å². The predicted molar refractivity (Wildman–Crippen MR) is 117 cm³/mol. The van der Waals surface area contributed by atoms with Gasteiger partial charge in [0.15, 0.2) is 5.82 Å². The molecule has 2 aromatic carbocycles. The average molecular weight is 384 g/mol. The number of hydrogen-bond acceptors (Lipinski definition) is 4. The molecule has 0 N–H and O–H groups in total. The molecule has 2 aliphatic heterocycles. The fourth-order valence-corrected chi connectivity index (χ4v) is 9.10. The standard InChI is InChI=1S/C22H15N3PS/c27-26-20-9-3-1-6-15(20)17-8-5-12-24-22(17)25(26)19-11-13-23-14-18(19)16-7-2-4-10-21(16)26/h1-14,27H/q+1. The first-order chi connectivity index (χ1) is 13.3. The molecule has 5 heteroatoms. The molecule has 0 fully saturated rings. The molecule has 128 valence electrons. The second-order valence-corrected chi connectivity index (χ2v) is 11.0. The summed E-state index contributed by atoms with van der Waals surface area (Å²) in [4.78, 5) is 9.20. The third-order valence-electron chi connectivity index (χ3n) is 5.36. The third-order valence-corrected chi connectivity index (χ3v) is 10.3. The Morgan fingerprint density at radius 3 is 2.15 bits per heavy atom. The Kier molecular flexibility index (Phi) is 3.09. The minimum absolute atomic E-state index is 0.974. The first-order valence-corrected chi connectivity index (χ1v) is 11.7. The Morgan fingerprint density at radius 2 is 1.37 bits per heavy atom. The van der Waals surface area contributed by atoms with E-state index < -0.39 is 6.62 Å². The topological polar surface area (TPSA) is 29.0 Å². The zero-order chi connectivity index (χ0) is 18.0. The Bertz CT molecular complexity index is 1130. The lowest BCUT2D eigenvalue weighted by atomic mass is 10.0. The second kappa shape index (κ2) is 5.41. The van der Waals surface area contributed by atoms with Gasteiger partial charge in [-0.25, -0.2) is 4.98 Å². The molecule has 0 saturated heterocycles. The van der Waals surface area contributed by atoms with Gasteiger partial charge in [-0.1, -0.05) is 36.4 Å². The number of anilines is 2. The highest BCUT2D eigenvalue weighted by molar-refractivity contribution is 8.59. The first kappa shape index (κ1) is 15.4. The zero-order valence-electron chi connectivity index (χ0n) is 14.3. The molecule has 0 aliphatic carbocycles. The number of fused-ring (bicyclic) bond motifs is 11. The van der Waals surface area contributed by atoms with E-state index in [2.05, 4.69) is 70.3 Å². The first-order valence-electron chi connectivity index (χ1n) is 8.81. The molecule has 1 atom stereocenters. The Morgan fingerprint density at radius 1 is 0.704 bits per heavy atom. The zero-order valence-corrected chi connectivity index (χ0v) is 16.1. The molecular formula is C22H15N3PS+. The Hall–Kier alpha value is -2.68. The summed E-state index contributed by atoms with van der Waals surface area (Å²) < 4.78 is 2.37. The van der Waals surface area contributed by atoms with Crippen molar-refractivity contribution in [1.82, 2.24) is 9.97 Å². The Balaban J connectivity index is 1.82. The highest BCUT2D eigenvalue weighted by Gasteiger charge is 2.57. The van der Waals surface area contributed by atoms with Crippen molar-refractivity contribution in [3.8, 4) is 22.3 Å².